The molecular weight excluding hydrogens is 273 g/mol. The van der Waals surface area contributed by atoms with Crippen LogP contribution in [0, 0.1) is 0 Å². The molecule has 112 valence electrons. The quantitative estimate of drug-likeness (QED) is 0.891. The van der Waals surface area contributed by atoms with E-state index >= 15 is 0 Å². The zero-order valence-corrected chi connectivity index (χ0v) is 11.7. The first-order valence-electron chi connectivity index (χ1n) is 5.90. The van der Waals surface area contributed by atoms with Crippen molar-refractivity contribution in [3.05, 3.63) is 17.7 Å². The van der Waals surface area contributed by atoms with Crippen molar-refractivity contribution in [2.24, 2.45) is 0 Å². The molecule has 1 amide bonds. The van der Waals surface area contributed by atoms with E-state index in [1.54, 1.807) is 21.0 Å². The molecule has 1 rings (SSSR count). The van der Waals surface area contributed by atoms with Gasteiger partial charge >= 0.3 is 6.18 Å². The number of carbonyl (C=O) groups excluding carboxylic acids is 1. The van der Waals surface area contributed by atoms with Gasteiger partial charge in [-0.1, -0.05) is 0 Å². The van der Waals surface area contributed by atoms with Gasteiger partial charge in [0.05, 0.1) is 5.56 Å². The summed E-state index contributed by atoms with van der Waals surface area (Å²) in [5.74, 6) is -0.186. The average molecular weight is 290 g/mol. The van der Waals surface area contributed by atoms with E-state index in [9.17, 15) is 18.0 Å². The Balaban J connectivity index is 3.03. The van der Waals surface area contributed by atoms with E-state index in [-0.39, 0.29) is 17.5 Å². The number of carbonyl (C=O) groups is 1. The fourth-order valence-electron chi connectivity index (χ4n) is 1.57. The van der Waals surface area contributed by atoms with Gasteiger partial charge in [0.25, 0.3) is 0 Å². The van der Waals surface area contributed by atoms with Crippen LogP contribution in [0.4, 0.5) is 24.8 Å². The predicted molar refractivity (Wildman–Crippen MR) is 70.6 cm³/mol. The smallest absolute Gasteiger partial charge is 0.373 e. The fraction of sp³-hybridized carbons (Fsp3) is 0.500. The number of alkyl halides is 3. The van der Waals surface area contributed by atoms with Crippen molar-refractivity contribution in [1.29, 1.82) is 0 Å². The largest absolute Gasteiger partial charge is 0.416 e. The number of rotatable bonds is 4. The Hall–Kier alpha value is -1.99. The summed E-state index contributed by atoms with van der Waals surface area (Å²) in [5.41, 5.74) is -0.830. The number of aromatic nitrogens is 1. The first-order chi connectivity index (χ1) is 9.15. The molecule has 2 N–H and O–H groups in total. The number of likely N-dealkylation sites (N-methyl/N-ethyl adjacent to an activating group) is 1. The second kappa shape index (κ2) is 5.98. The summed E-state index contributed by atoms with van der Waals surface area (Å²) < 4.78 is 38.2. The van der Waals surface area contributed by atoms with Crippen molar-refractivity contribution in [3.8, 4) is 0 Å². The van der Waals surface area contributed by atoms with Crippen molar-refractivity contribution < 1.29 is 18.0 Å². The Morgan fingerprint density at radius 3 is 2.30 bits per heavy atom. The van der Waals surface area contributed by atoms with Crippen LogP contribution < -0.4 is 10.6 Å². The highest BCUT2D eigenvalue weighted by Crippen LogP contribution is 2.32. The van der Waals surface area contributed by atoms with Gasteiger partial charge in [0.1, 0.15) is 17.7 Å². The van der Waals surface area contributed by atoms with E-state index in [1.807, 2.05) is 0 Å². The van der Waals surface area contributed by atoms with Crippen LogP contribution in [-0.4, -0.2) is 43.0 Å². The molecule has 0 radical (unpaired) electrons. The van der Waals surface area contributed by atoms with Gasteiger partial charge < -0.3 is 15.5 Å². The van der Waals surface area contributed by atoms with Gasteiger partial charge in [0.15, 0.2) is 0 Å². The highest BCUT2D eigenvalue weighted by Gasteiger charge is 2.32. The Bertz CT molecular complexity index is 488. The molecule has 0 aliphatic rings. The van der Waals surface area contributed by atoms with Crippen molar-refractivity contribution in [1.82, 2.24) is 9.88 Å². The van der Waals surface area contributed by atoms with Gasteiger partial charge in [-0.25, -0.2) is 4.98 Å². The first-order valence-corrected chi connectivity index (χ1v) is 5.90. The molecule has 0 aliphatic carbocycles. The number of pyridine rings is 1. The Morgan fingerprint density at radius 2 is 1.85 bits per heavy atom. The monoisotopic (exact) mass is 290 g/mol. The minimum absolute atomic E-state index is 0.00752. The molecule has 5 nitrogen and oxygen atoms in total. The summed E-state index contributed by atoms with van der Waals surface area (Å²) >= 11 is 0. The highest BCUT2D eigenvalue weighted by atomic mass is 19.4. The van der Waals surface area contributed by atoms with Crippen molar-refractivity contribution in [3.63, 3.8) is 0 Å². The Kier molecular flexibility index (Phi) is 4.80. The van der Waals surface area contributed by atoms with Crippen LogP contribution in [0.25, 0.3) is 0 Å². The molecule has 1 aromatic rings. The maximum Gasteiger partial charge on any atom is 0.416 e. The standard InChI is InChI=1S/C12H17F3N4O/c1-7(11(20)19(3)4)17-10-6-8(12(13,14)15)5-9(16-2)18-10/h5-7H,1-4H3,(H2,16,17,18). The Morgan fingerprint density at radius 1 is 1.30 bits per heavy atom. The SMILES string of the molecule is CNc1cc(C(F)(F)F)cc(NC(C)C(=O)N(C)C)n1. The summed E-state index contributed by atoms with van der Waals surface area (Å²) in [6, 6.07) is 1.11. The summed E-state index contributed by atoms with van der Waals surface area (Å²) in [4.78, 5) is 17.0. The number of hydrogen-bond donors (Lipinski definition) is 2. The van der Waals surface area contributed by atoms with Crippen LogP contribution in [0.3, 0.4) is 0 Å². The van der Waals surface area contributed by atoms with Crippen LogP contribution >= 0.6 is 0 Å². The molecule has 0 fully saturated rings. The normalized spacial score (nSPS) is 12.8. The number of hydrogen-bond acceptors (Lipinski definition) is 4. The summed E-state index contributed by atoms with van der Waals surface area (Å²) in [7, 11) is 4.61. The molecular formula is C12H17F3N4O. The molecule has 1 atom stereocenters. The molecule has 1 aromatic heterocycles. The predicted octanol–water partition coefficient (Wildman–Crippen LogP) is 2.03. The van der Waals surface area contributed by atoms with Gasteiger partial charge in [-0.15, -0.1) is 0 Å². The molecule has 0 saturated carbocycles. The van der Waals surface area contributed by atoms with Gasteiger partial charge in [-0.05, 0) is 19.1 Å². The van der Waals surface area contributed by atoms with Crippen LogP contribution in [0.5, 0.6) is 0 Å². The number of nitrogens with one attached hydrogen (secondary N) is 2. The zero-order chi connectivity index (χ0) is 15.5. The molecule has 0 saturated heterocycles. The topological polar surface area (TPSA) is 57.3 Å². The third-order valence-electron chi connectivity index (χ3n) is 2.58. The van der Waals surface area contributed by atoms with Crippen LogP contribution in [-0.2, 0) is 11.0 Å². The fourth-order valence-corrected chi connectivity index (χ4v) is 1.57. The van der Waals surface area contributed by atoms with Gasteiger partial charge in [-0.2, -0.15) is 13.2 Å². The lowest BCUT2D eigenvalue weighted by Gasteiger charge is -2.19. The summed E-state index contributed by atoms with van der Waals surface area (Å²) in [5, 5.41) is 5.23. The van der Waals surface area contributed by atoms with Crippen molar-refractivity contribution in [2.75, 3.05) is 31.8 Å². The van der Waals surface area contributed by atoms with E-state index < -0.39 is 17.8 Å². The molecule has 1 unspecified atom stereocenters. The molecule has 0 aromatic carbocycles. The van der Waals surface area contributed by atoms with E-state index in [1.165, 1.54) is 11.9 Å². The van der Waals surface area contributed by atoms with Gasteiger partial charge in [0.2, 0.25) is 5.91 Å². The van der Waals surface area contributed by atoms with Crippen molar-refractivity contribution in [2.45, 2.75) is 19.1 Å². The average Bonchev–Trinajstić information content (AvgIpc) is 2.36. The van der Waals surface area contributed by atoms with Gasteiger partial charge in [0, 0.05) is 21.1 Å². The molecule has 1 heterocycles. The van der Waals surface area contributed by atoms with Crippen LogP contribution in [0.1, 0.15) is 12.5 Å². The molecule has 0 aliphatic heterocycles. The van der Waals surface area contributed by atoms with E-state index in [4.69, 9.17) is 0 Å². The molecule has 8 heteroatoms. The first kappa shape index (κ1) is 16.1. The van der Waals surface area contributed by atoms with E-state index in [0.717, 1.165) is 12.1 Å². The highest BCUT2D eigenvalue weighted by molar-refractivity contribution is 5.83. The molecule has 20 heavy (non-hydrogen) atoms. The van der Waals surface area contributed by atoms with Crippen LogP contribution in [0.2, 0.25) is 0 Å². The Labute approximate surface area is 115 Å². The number of nitrogens with zero attached hydrogens (tertiary/aromatic N) is 2. The van der Waals surface area contributed by atoms with E-state index in [2.05, 4.69) is 15.6 Å². The maximum absolute atomic E-state index is 12.7. The third kappa shape index (κ3) is 4.01. The summed E-state index contributed by atoms with van der Waals surface area (Å²) in [6.45, 7) is 1.56. The maximum atomic E-state index is 12.7. The third-order valence-corrected chi connectivity index (χ3v) is 2.58. The number of amides is 1. The second-order valence-electron chi connectivity index (χ2n) is 4.47. The lowest BCUT2D eigenvalue weighted by molar-refractivity contribution is -0.137. The number of halogens is 3. The van der Waals surface area contributed by atoms with Gasteiger partial charge in [-0.3, -0.25) is 4.79 Å². The van der Waals surface area contributed by atoms with Crippen LogP contribution in [0.15, 0.2) is 12.1 Å². The lowest BCUT2D eigenvalue weighted by atomic mass is 10.2. The van der Waals surface area contributed by atoms with E-state index in [0.29, 0.717) is 0 Å². The second-order valence-corrected chi connectivity index (χ2v) is 4.47. The lowest BCUT2D eigenvalue weighted by Crippen LogP contribution is -2.36. The zero-order valence-electron chi connectivity index (χ0n) is 11.7. The van der Waals surface area contributed by atoms with Crippen molar-refractivity contribution >= 4 is 17.5 Å². The minimum atomic E-state index is -4.47. The number of anilines is 2. The molecule has 0 bridgehead atoms. The molecule has 0 spiro atoms. The summed E-state index contributed by atoms with van der Waals surface area (Å²) in [6.07, 6.45) is -4.47. The minimum Gasteiger partial charge on any atom is -0.373 e.